The zero-order chi connectivity index (χ0) is 11.4. The molecule has 4 nitrogen and oxygen atoms in total. The standard InChI is InChI=1S/C12H23N3O/c1-15-8-2-3-11(9-15)13-6-7-14-12(16)10-4-5-10/h10-11,13H,2-9H2,1H3,(H,14,16). The predicted octanol–water partition coefficient (Wildman–Crippen LogP) is 0.196. The van der Waals surface area contributed by atoms with Crippen LogP contribution in [0, 0.1) is 5.92 Å². The van der Waals surface area contributed by atoms with Gasteiger partial charge in [0.1, 0.15) is 0 Å². The van der Waals surface area contributed by atoms with Crippen molar-refractivity contribution in [2.75, 3.05) is 33.2 Å². The molecule has 1 saturated heterocycles. The highest BCUT2D eigenvalue weighted by Crippen LogP contribution is 2.28. The topological polar surface area (TPSA) is 44.4 Å². The van der Waals surface area contributed by atoms with Crippen molar-refractivity contribution in [1.29, 1.82) is 0 Å². The lowest BCUT2D eigenvalue weighted by Crippen LogP contribution is -2.46. The number of nitrogens with zero attached hydrogens (tertiary/aromatic N) is 1. The Bertz CT molecular complexity index is 240. The second kappa shape index (κ2) is 5.64. The zero-order valence-corrected chi connectivity index (χ0v) is 10.2. The number of likely N-dealkylation sites (N-methyl/N-ethyl adjacent to an activating group) is 1. The highest BCUT2D eigenvalue weighted by molar-refractivity contribution is 5.80. The first kappa shape index (κ1) is 11.9. The summed E-state index contributed by atoms with van der Waals surface area (Å²) in [5.41, 5.74) is 0. The molecular weight excluding hydrogens is 202 g/mol. The molecule has 0 bridgehead atoms. The molecule has 1 aliphatic carbocycles. The van der Waals surface area contributed by atoms with Gasteiger partial charge in [-0.3, -0.25) is 4.79 Å². The van der Waals surface area contributed by atoms with Crippen LogP contribution in [0.1, 0.15) is 25.7 Å². The third-order valence-electron chi connectivity index (χ3n) is 3.43. The van der Waals surface area contributed by atoms with Gasteiger partial charge in [0.05, 0.1) is 0 Å². The number of hydrogen-bond acceptors (Lipinski definition) is 3. The molecule has 1 aliphatic heterocycles. The average molecular weight is 225 g/mol. The maximum atomic E-state index is 11.4. The zero-order valence-electron chi connectivity index (χ0n) is 10.2. The number of piperidine rings is 1. The number of rotatable bonds is 5. The fourth-order valence-electron chi connectivity index (χ4n) is 2.28. The molecule has 4 heteroatoms. The Labute approximate surface area is 97.8 Å². The highest BCUT2D eigenvalue weighted by Gasteiger charge is 2.29. The molecule has 1 atom stereocenters. The van der Waals surface area contributed by atoms with Crippen LogP contribution in [0.3, 0.4) is 0 Å². The number of hydrogen-bond donors (Lipinski definition) is 2. The van der Waals surface area contributed by atoms with E-state index in [1.54, 1.807) is 0 Å². The molecule has 16 heavy (non-hydrogen) atoms. The third kappa shape index (κ3) is 3.76. The van der Waals surface area contributed by atoms with Crippen molar-refractivity contribution in [2.24, 2.45) is 5.92 Å². The number of amides is 1. The summed E-state index contributed by atoms with van der Waals surface area (Å²) < 4.78 is 0. The molecule has 0 aromatic heterocycles. The summed E-state index contributed by atoms with van der Waals surface area (Å²) in [4.78, 5) is 13.7. The predicted molar refractivity (Wildman–Crippen MR) is 64.3 cm³/mol. The Morgan fingerprint density at radius 2 is 2.12 bits per heavy atom. The Balaban J connectivity index is 1.51. The van der Waals surface area contributed by atoms with Gasteiger partial charge in [-0.05, 0) is 39.3 Å². The minimum Gasteiger partial charge on any atom is -0.355 e. The smallest absolute Gasteiger partial charge is 0.223 e. The summed E-state index contributed by atoms with van der Waals surface area (Å²) in [6, 6.07) is 0.608. The molecule has 1 unspecified atom stereocenters. The van der Waals surface area contributed by atoms with Gasteiger partial charge in [0.25, 0.3) is 0 Å². The van der Waals surface area contributed by atoms with Crippen LogP contribution in [0.25, 0.3) is 0 Å². The summed E-state index contributed by atoms with van der Waals surface area (Å²) in [5.74, 6) is 0.586. The van der Waals surface area contributed by atoms with Crippen LogP contribution in [0.5, 0.6) is 0 Å². The van der Waals surface area contributed by atoms with Crippen molar-refractivity contribution < 1.29 is 4.79 Å². The van der Waals surface area contributed by atoms with Crippen LogP contribution < -0.4 is 10.6 Å². The van der Waals surface area contributed by atoms with Crippen LogP contribution in [-0.4, -0.2) is 50.1 Å². The van der Waals surface area contributed by atoms with Gasteiger partial charge in [-0.2, -0.15) is 0 Å². The van der Waals surface area contributed by atoms with Crippen molar-refractivity contribution in [3.05, 3.63) is 0 Å². The van der Waals surface area contributed by atoms with Crippen LogP contribution >= 0.6 is 0 Å². The Kier molecular flexibility index (Phi) is 4.18. The molecule has 1 amide bonds. The molecule has 0 radical (unpaired) electrons. The second-order valence-corrected chi connectivity index (χ2v) is 5.12. The van der Waals surface area contributed by atoms with E-state index in [0.29, 0.717) is 12.0 Å². The maximum Gasteiger partial charge on any atom is 0.223 e. The fourth-order valence-corrected chi connectivity index (χ4v) is 2.28. The van der Waals surface area contributed by atoms with Gasteiger partial charge in [-0.1, -0.05) is 0 Å². The largest absolute Gasteiger partial charge is 0.355 e. The monoisotopic (exact) mass is 225 g/mol. The SMILES string of the molecule is CN1CCCC(NCCNC(=O)C2CC2)C1. The summed E-state index contributed by atoms with van der Waals surface area (Å²) in [5, 5.41) is 6.49. The van der Waals surface area contributed by atoms with Gasteiger partial charge < -0.3 is 15.5 Å². The van der Waals surface area contributed by atoms with E-state index >= 15 is 0 Å². The van der Waals surface area contributed by atoms with Crippen molar-refractivity contribution in [1.82, 2.24) is 15.5 Å². The normalized spacial score (nSPS) is 26.7. The average Bonchev–Trinajstić information content (AvgIpc) is 3.08. The first-order valence-corrected chi connectivity index (χ1v) is 6.45. The lowest BCUT2D eigenvalue weighted by atomic mass is 10.1. The first-order valence-electron chi connectivity index (χ1n) is 6.45. The van der Waals surface area contributed by atoms with E-state index in [2.05, 4.69) is 22.6 Å². The Morgan fingerprint density at radius 3 is 2.81 bits per heavy atom. The molecule has 1 saturated carbocycles. The van der Waals surface area contributed by atoms with E-state index in [1.165, 1.54) is 19.4 Å². The van der Waals surface area contributed by atoms with Gasteiger partial charge in [0.2, 0.25) is 5.91 Å². The Hall–Kier alpha value is -0.610. The van der Waals surface area contributed by atoms with Gasteiger partial charge >= 0.3 is 0 Å². The van der Waals surface area contributed by atoms with Crippen LogP contribution in [0.4, 0.5) is 0 Å². The molecular formula is C12H23N3O. The molecule has 2 fully saturated rings. The molecule has 0 aromatic carbocycles. The number of carbonyl (C=O) groups excluding carboxylic acids is 1. The quantitative estimate of drug-likeness (QED) is 0.657. The highest BCUT2D eigenvalue weighted by atomic mass is 16.2. The number of carbonyl (C=O) groups is 1. The van der Waals surface area contributed by atoms with Crippen molar-refractivity contribution >= 4 is 5.91 Å². The van der Waals surface area contributed by atoms with E-state index in [-0.39, 0.29) is 5.91 Å². The van der Waals surface area contributed by atoms with E-state index in [1.807, 2.05) is 0 Å². The van der Waals surface area contributed by atoms with Gasteiger partial charge in [-0.25, -0.2) is 0 Å². The van der Waals surface area contributed by atoms with E-state index in [4.69, 9.17) is 0 Å². The molecule has 2 rings (SSSR count). The summed E-state index contributed by atoms with van der Waals surface area (Å²) in [7, 11) is 2.17. The van der Waals surface area contributed by atoms with Gasteiger partial charge in [0, 0.05) is 31.6 Å². The minimum atomic E-state index is 0.252. The summed E-state index contributed by atoms with van der Waals surface area (Å²) in [6.07, 6.45) is 4.73. The molecule has 2 N–H and O–H groups in total. The Morgan fingerprint density at radius 1 is 1.31 bits per heavy atom. The third-order valence-corrected chi connectivity index (χ3v) is 3.43. The number of nitrogens with one attached hydrogen (secondary N) is 2. The molecule has 1 heterocycles. The fraction of sp³-hybridized carbons (Fsp3) is 0.917. The molecule has 92 valence electrons. The van der Waals surface area contributed by atoms with Gasteiger partial charge in [0.15, 0.2) is 0 Å². The van der Waals surface area contributed by atoms with Crippen molar-refractivity contribution in [3.8, 4) is 0 Å². The van der Waals surface area contributed by atoms with Crippen LogP contribution in [0.2, 0.25) is 0 Å². The van der Waals surface area contributed by atoms with Gasteiger partial charge in [-0.15, -0.1) is 0 Å². The van der Waals surface area contributed by atoms with Crippen LogP contribution in [-0.2, 0) is 4.79 Å². The van der Waals surface area contributed by atoms with E-state index in [9.17, 15) is 4.79 Å². The second-order valence-electron chi connectivity index (χ2n) is 5.12. The minimum absolute atomic E-state index is 0.252. The van der Waals surface area contributed by atoms with Crippen molar-refractivity contribution in [3.63, 3.8) is 0 Å². The molecule has 0 aromatic rings. The van der Waals surface area contributed by atoms with E-state index < -0.39 is 0 Å². The lowest BCUT2D eigenvalue weighted by molar-refractivity contribution is -0.122. The van der Waals surface area contributed by atoms with E-state index in [0.717, 1.165) is 32.5 Å². The summed E-state index contributed by atoms with van der Waals surface area (Å²) in [6.45, 7) is 4.03. The molecule has 0 spiro atoms. The lowest BCUT2D eigenvalue weighted by Gasteiger charge is -2.30. The van der Waals surface area contributed by atoms with Crippen LogP contribution in [0.15, 0.2) is 0 Å². The summed E-state index contributed by atoms with van der Waals surface area (Å²) >= 11 is 0. The molecule has 2 aliphatic rings. The van der Waals surface area contributed by atoms with Crippen molar-refractivity contribution in [2.45, 2.75) is 31.7 Å². The number of likely N-dealkylation sites (tertiary alicyclic amines) is 1. The maximum absolute atomic E-state index is 11.4. The first-order chi connectivity index (χ1) is 7.75.